The minimum absolute atomic E-state index is 0.744. The number of hydrogen-bond acceptors (Lipinski definition) is 2. The van der Waals surface area contributed by atoms with Gasteiger partial charge in [-0.2, -0.15) is 0 Å². The lowest BCUT2D eigenvalue weighted by molar-refractivity contribution is 0.317. The Morgan fingerprint density at radius 1 is 0.842 bits per heavy atom. The first-order valence-corrected chi connectivity index (χ1v) is 7.49. The van der Waals surface area contributed by atoms with Crippen LogP contribution in [0.4, 0.5) is 0 Å². The Morgan fingerprint density at radius 2 is 1.37 bits per heavy atom. The van der Waals surface area contributed by atoms with E-state index in [9.17, 15) is 0 Å². The SMILES string of the molecule is CCCOc1ccc(Oc2ccc(CBr)cc2)cc1. The lowest BCUT2D eigenvalue weighted by Gasteiger charge is -2.08. The van der Waals surface area contributed by atoms with Crippen molar-refractivity contribution in [2.75, 3.05) is 6.61 Å². The van der Waals surface area contributed by atoms with Crippen molar-refractivity contribution in [2.45, 2.75) is 18.7 Å². The van der Waals surface area contributed by atoms with E-state index in [-0.39, 0.29) is 0 Å². The molecule has 0 aromatic heterocycles. The lowest BCUT2D eigenvalue weighted by Crippen LogP contribution is -1.94. The second-order valence-electron chi connectivity index (χ2n) is 4.20. The molecule has 0 saturated heterocycles. The molecular weight excluding hydrogens is 304 g/mol. The Labute approximate surface area is 122 Å². The molecule has 2 rings (SSSR count). The zero-order chi connectivity index (χ0) is 13.5. The van der Waals surface area contributed by atoms with Crippen molar-refractivity contribution < 1.29 is 9.47 Å². The summed E-state index contributed by atoms with van der Waals surface area (Å²) >= 11 is 3.42. The van der Waals surface area contributed by atoms with Gasteiger partial charge in [-0.25, -0.2) is 0 Å². The predicted molar refractivity (Wildman–Crippen MR) is 81.4 cm³/mol. The van der Waals surface area contributed by atoms with Crippen molar-refractivity contribution in [3.05, 3.63) is 54.1 Å². The van der Waals surface area contributed by atoms with Gasteiger partial charge < -0.3 is 9.47 Å². The molecule has 0 unspecified atom stereocenters. The van der Waals surface area contributed by atoms with Gasteiger partial charge in [0.2, 0.25) is 0 Å². The molecule has 0 bridgehead atoms. The fourth-order valence-electron chi connectivity index (χ4n) is 1.61. The first-order chi connectivity index (χ1) is 9.31. The van der Waals surface area contributed by atoms with E-state index in [1.54, 1.807) is 0 Å². The second kappa shape index (κ2) is 7.19. The quantitative estimate of drug-likeness (QED) is 0.684. The largest absolute Gasteiger partial charge is 0.494 e. The third kappa shape index (κ3) is 4.28. The minimum atomic E-state index is 0.744. The van der Waals surface area contributed by atoms with E-state index >= 15 is 0 Å². The third-order valence-corrected chi connectivity index (χ3v) is 3.26. The maximum absolute atomic E-state index is 5.77. The van der Waals surface area contributed by atoms with E-state index in [4.69, 9.17) is 9.47 Å². The van der Waals surface area contributed by atoms with Crippen LogP contribution in [-0.2, 0) is 5.33 Å². The van der Waals surface area contributed by atoms with E-state index in [1.807, 2.05) is 48.5 Å². The van der Waals surface area contributed by atoms with Gasteiger partial charge in [-0.1, -0.05) is 35.0 Å². The number of hydrogen-bond donors (Lipinski definition) is 0. The van der Waals surface area contributed by atoms with Crippen molar-refractivity contribution in [3.63, 3.8) is 0 Å². The number of benzene rings is 2. The van der Waals surface area contributed by atoms with Gasteiger partial charge in [0.15, 0.2) is 0 Å². The van der Waals surface area contributed by atoms with E-state index in [2.05, 4.69) is 22.9 Å². The second-order valence-corrected chi connectivity index (χ2v) is 4.76. The fraction of sp³-hybridized carbons (Fsp3) is 0.250. The molecule has 19 heavy (non-hydrogen) atoms. The Bertz CT molecular complexity index is 491. The zero-order valence-electron chi connectivity index (χ0n) is 10.9. The topological polar surface area (TPSA) is 18.5 Å². The molecule has 0 saturated carbocycles. The number of ether oxygens (including phenoxy) is 2. The summed E-state index contributed by atoms with van der Waals surface area (Å²) in [5.74, 6) is 2.53. The molecule has 2 nitrogen and oxygen atoms in total. The molecule has 0 fully saturated rings. The van der Waals surface area contributed by atoms with Gasteiger partial charge >= 0.3 is 0 Å². The van der Waals surface area contributed by atoms with Crippen molar-refractivity contribution in [1.29, 1.82) is 0 Å². The summed E-state index contributed by atoms with van der Waals surface area (Å²) in [4.78, 5) is 0. The van der Waals surface area contributed by atoms with E-state index in [0.29, 0.717) is 0 Å². The fourth-order valence-corrected chi connectivity index (χ4v) is 1.98. The zero-order valence-corrected chi connectivity index (χ0v) is 12.5. The van der Waals surface area contributed by atoms with Crippen LogP contribution in [0.25, 0.3) is 0 Å². The third-order valence-electron chi connectivity index (χ3n) is 2.61. The van der Waals surface area contributed by atoms with Crippen molar-refractivity contribution in [3.8, 4) is 17.2 Å². The highest BCUT2D eigenvalue weighted by Gasteiger charge is 1.99. The smallest absolute Gasteiger partial charge is 0.127 e. The van der Waals surface area contributed by atoms with Crippen LogP contribution in [-0.4, -0.2) is 6.61 Å². The summed E-state index contributed by atoms with van der Waals surface area (Å²) in [6.45, 7) is 2.84. The molecule has 0 atom stereocenters. The van der Waals surface area contributed by atoms with Crippen LogP contribution in [0.2, 0.25) is 0 Å². The number of alkyl halides is 1. The van der Waals surface area contributed by atoms with E-state index < -0.39 is 0 Å². The molecule has 0 radical (unpaired) electrons. The molecule has 0 aliphatic rings. The minimum Gasteiger partial charge on any atom is -0.494 e. The van der Waals surface area contributed by atoms with Gasteiger partial charge in [0.1, 0.15) is 17.2 Å². The van der Waals surface area contributed by atoms with Crippen molar-refractivity contribution >= 4 is 15.9 Å². The molecule has 0 N–H and O–H groups in total. The average molecular weight is 321 g/mol. The highest BCUT2D eigenvalue weighted by Crippen LogP contribution is 2.24. The van der Waals surface area contributed by atoms with Crippen molar-refractivity contribution in [2.24, 2.45) is 0 Å². The normalized spacial score (nSPS) is 10.2. The molecule has 0 spiro atoms. The molecule has 2 aromatic rings. The van der Waals surface area contributed by atoms with Crippen LogP contribution >= 0.6 is 15.9 Å². The summed E-state index contributed by atoms with van der Waals surface area (Å²) in [6.07, 6.45) is 1.01. The van der Waals surface area contributed by atoms with Gasteiger partial charge in [-0.05, 0) is 48.4 Å². The Hall–Kier alpha value is -1.48. The summed E-state index contributed by atoms with van der Waals surface area (Å²) in [6, 6.07) is 15.7. The van der Waals surface area contributed by atoms with E-state index in [1.165, 1.54) is 5.56 Å². The van der Waals surface area contributed by atoms with Gasteiger partial charge in [0.05, 0.1) is 6.61 Å². The summed E-state index contributed by atoms with van der Waals surface area (Å²) in [5, 5.41) is 0.858. The lowest BCUT2D eigenvalue weighted by atomic mass is 10.2. The van der Waals surface area contributed by atoms with Gasteiger partial charge in [-0.3, -0.25) is 0 Å². The van der Waals surface area contributed by atoms with Crippen LogP contribution in [0.5, 0.6) is 17.2 Å². The number of halogens is 1. The van der Waals surface area contributed by atoms with E-state index in [0.717, 1.165) is 35.6 Å². The highest BCUT2D eigenvalue weighted by molar-refractivity contribution is 9.08. The van der Waals surface area contributed by atoms with Crippen molar-refractivity contribution in [1.82, 2.24) is 0 Å². The average Bonchev–Trinajstić information content (AvgIpc) is 2.47. The highest BCUT2D eigenvalue weighted by atomic mass is 79.9. The Kier molecular flexibility index (Phi) is 5.28. The Morgan fingerprint density at radius 3 is 1.89 bits per heavy atom. The summed E-state index contributed by atoms with van der Waals surface area (Å²) in [5.41, 5.74) is 1.23. The molecule has 0 heterocycles. The molecule has 3 heteroatoms. The molecule has 0 amide bonds. The van der Waals surface area contributed by atoms with Crippen LogP contribution in [0.1, 0.15) is 18.9 Å². The molecular formula is C16H17BrO2. The van der Waals surface area contributed by atoms with Crippen LogP contribution in [0.15, 0.2) is 48.5 Å². The molecule has 100 valence electrons. The van der Waals surface area contributed by atoms with Gasteiger partial charge in [-0.15, -0.1) is 0 Å². The van der Waals surface area contributed by atoms with Crippen LogP contribution in [0, 0.1) is 0 Å². The van der Waals surface area contributed by atoms with Crippen LogP contribution in [0.3, 0.4) is 0 Å². The molecule has 2 aromatic carbocycles. The number of rotatable bonds is 6. The first kappa shape index (κ1) is 13.9. The maximum atomic E-state index is 5.77. The monoisotopic (exact) mass is 320 g/mol. The van der Waals surface area contributed by atoms with Gasteiger partial charge in [0.25, 0.3) is 0 Å². The molecule has 0 aliphatic heterocycles. The maximum Gasteiger partial charge on any atom is 0.127 e. The predicted octanol–water partition coefficient (Wildman–Crippen LogP) is 5.16. The first-order valence-electron chi connectivity index (χ1n) is 6.37. The Balaban J connectivity index is 1.98. The van der Waals surface area contributed by atoms with Crippen LogP contribution < -0.4 is 9.47 Å². The molecule has 0 aliphatic carbocycles. The standard InChI is InChI=1S/C16H17BrO2/c1-2-11-18-14-7-9-16(10-8-14)19-15-5-3-13(12-17)4-6-15/h3-10H,2,11-12H2,1H3. The van der Waals surface area contributed by atoms with Gasteiger partial charge in [0, 0.05) is 5.33 Å². The summed E-state index contributed by atoms with van der Waals surface area (Å²) in [7, 11) is 0. The summed E-state index contributed by atoms with van der Waals surface area (Å²) < 4.78 is 11.3.